The number of aromatic nitrogens is 4. The van der Waals surface area contributed by atoms with E-state index in [1.165, 1.54) is 12.8 Å². The SMILES string of the molecule is CN(c1nnc(-c2ccc(-n3ccnc3)cc2O)s1)[C@H]1C[C@@]2(C)CCC1CN2C. The number of benzene rings is 1. The first-order chi connectivity index (χ1) is 13.9. The summed E-state index contributed by atoms with van der Waals surface area (Å²) in [6.45, 7) is 3.53. The number of hydrogen-bond acceptors (Lipinski definition) is 7. The maximum absolute atomic E-state index is 10.6. The third-order valence-electron chi connectivity index (χ3n) is 6.90. The number of piperidine rings is 2. The molecule has 2 aromatic heterocycles. The molecule has 1 aliphatic carbocycles. The third-order valence-corrected chi connectivity index (χ3v) is 7.95. The van der Waals surface area contributed by atoms with Gasteiger partial charge >= 0.3 is 0 Å². The molecular weight excluding hydrogens is 384 g/mol. The van der Waals surface area contributed by atoms with Crippen molar-refractivity contribution < 1.29 is 5.11 Å². The zero-order chi connectivity index (χ0) is 20.2. The lowest BCUT2D eigenvalue weighted by Gasteiger charge is -2.56. The number of imidazole rings is 1. The first-order valence-corrected chi connectivity index (χ1v) is 10.9. The van der Waals surface area contributed by atoms with E-state index in [4.69, 9.17) is 0 Å². The summed E-state index contributed by atoms with van der Waals surface area (Å²) in [5, 5.41) is 21.1. The van der Waals surface area contributed by atoms with Crippen molar-refractivity contribution in [2.45, 2.75) is 37.8 Å². The van der Waals surface area contributed by atoms with E-state index in [1.807, 2.05) is 22.9 Å². The molecule has 152 valence electrons. The summed E-state index contributed by atoms with van der Waals surface area (Å²) in [5.41, 5.74) is 1.85. The summed E-state index contributed by atoms with van der Waals surface area (Å²) < 4.78 is 1.86. The summed E-state index contributed by atoms with van der Waals surface area (Å²) in [6.07, 6.45) is 8.98. The van der Waals surface area contributed by atoms with Gasteiger partial charge in [0.2, 0.25) is 5.13 Å². The van der Waals surface area contributed by atoms with Crippen LogP contribution in [0.15, 0.2) is 36.9 Å². The molecule has 6 rings (SSSR count). The van der Waals surface area contributed by atoms with Crippen LogP contribution in [-0.4, -0.2) is 62.0 Å². The third kappa shape index (κ3) is 3.11. The molecule has 1 aromatic carbocycles. The fourth-order valence-corrected chi connectivity index (χ4v) is 5.77. The van der Waals surface area contributed by atoms with Gasteiger partial charge in [0.05, 0.1) is 17.6 Å². The van der Waals surface area contributed by atoms with Gasteiger partial charge in [0, 0.05) is 43.6 Å². The van der Waals surface area contributed by atoms with Crippen LogP contribution in [0.25, 0.3) is 16.3 Å². The van der Waals surface area contributed by atoms with E-state index < -0.39 is 0 Å². The quantitative estimate of drug-likeness (QED) is 0.711. The molecule has 2 bridgehead atoms. The second kappa shape index (κ2) is 6.81. The van der Waals surface area contributed by atoms with Crippen LogP contribution in [0.3, 0.4) is 0 Å². The number of fused-ring (bicyclic) bond motifs is 3. The maximum Gasteiger partial charge on any atom is 0.208 e. The average molecular weight is 411 g/mol. The molecule has 0 spiro atoms. The van der Waals surface area contributed by atoms with E-state index >= 15 is 0 Å². The number of anilines is 1. The van der Waals surface area contributed by atoms with Gasteiger partial charge in [-0.15, -0.1) is 10.2 Å². The van der Waals surface area contributed by atoms with Crippen molar-refractivity contribution in [2.75, 3.05) is 25.5 Å². The van der Waals surface area contributed by atoms with Crippen LogP contribution in [0.2, 0.25) is 0 Å². The molecule has 2 saturated heterocycles. The zero-order valence-corrected chi connectivity index (χ0v) is 17.8. The Morgan fingerprint density at radius 3 is 2.86 bits per heavy atom. The lowest BCUT2D eigenvalue weighted by atomic mass is 9.68. The molecule has 3 atom stereocenters. The van der Waals surface area contributed by atoms with E-state index in [2.05, 4.69) is 46.0 Å². The molecule has 0 radical (unpaired) electrons. The Morgan fingerprint density at radius 1 is 1.31 bits per heavy atom. The fourth-order valence-electron chi connectivity index (χ4n) is 4.88. The fraction of sp³-hybridized carbons (Fsp3) is 0.476. The molecule has 3 aliphatic rings. The van der Waals surface area contributed by atoms with Crippen molar-refractivity contribution in [1.82, 2.24) is 24.6 Å². The predicted molar refractivity (Wildman–Crippen MR) is 115 cm³/mol. The van der Waals surface area contributed by atoms with Crippen molar-refractivity contribution >= 4 is 16.5 Å². The smallest absolute Gasteiger partial charge is 0.208 e. The summed E-state index contributed by atoms with van der Waals surface area (Å²) in [6, 6.07) is 6.08. The van der Waals surface area contributed by atoms with E-state index in [9.17, 15) is 5.11 Å². The standard InChI is InChI=1S/C21H26N6OS/c1-21-7-6-14(12-25(21)2)17(11-21)26(3)20-24-23-19(29-20)16-5-4-15(10-18(16)28)27-9-8-22-13-27/h4-5,8-10,13-14,17,28H,6-7,11-12H2,1-3H3/t14?,17-,21+/m0/s1. The molecular formula is C21H26N6OS. The number of phenols is 1. The summed E-state index contributed by atoms with van der Waals surface area (Å²) in [5.74, 6) is 0.870. The molecule has 8 heteroatoms. The van der Waals surface area contributed by atoms with E-state index in [-0.39, 0.29) is 11.3 Å². The Bertz CT molecular complexity index is 1020. The molecule has 3 aromatic rings. The second-order valence-corrected chi connectivity index (χ2v) is 9.58. The normalized spacial score (nSPS) is 26.7. The van der Waals surface area contributed by atoms with Crippen LogP contribution in [-0.2, 0) is 0 Å². The van der Waals surface area contributed by atoms with Crippen molar-refractivity contribution in [1.29, 1.82) is 0 Å². The highest BCUT2D eigenvalue weighted by molar-refractivity contribution is 7.18. The highest BCUT2D eigenvalue weighted by Crippen LogP contribution is 2.45. The Labute approximate surface area is 174 Å². The van der Waals surface area contributed by atoms with Gasteiger partial charge in [-0.25, -0.2) is 4.98 Å². The molecule has 1 N–H and O–H groups in total. The molecule has 3 fully saturated rings. The minimum atomic E-state index is 0.201. The number of hydrogen-bond donors (Lipinski definition) is 1. The van der Waals surface area contributed by atoms with Crippen molar-refractivity contribution in [3.8, 4) is 22.0 Å². The topological polar surface area (TPSA) is 70.3 Å². The van der Waals surface area contributed by atoms with Crippen LogP contribution in [0.1, 0.15) is 26.2 Å². The number of nitrogens with zero attached hydrogens (tertiary/aromatic N) is 6. The number of aromatic hydroxyl groups is 1. The lowest BCUT2D eigenvalue weighted by molar-refractivity contribution is -0.0164. The highest BCUT2D eigenvalue weighted by Gasteiger charge is 2.48. The maximum atomic E-state index is 10.6. The highest BCUT2D eigenvalue weighted by atomic mass is 32.1. The molecule has 7 nitrogen and oxygen atoms in total. The van der Waals surface area contributed by atoms with Crippen LogP contribution < -0.4 is 4.90 Å². The van der Waals surface area contributed by atoms with Crippen LogP contribution in [0.5, 0.6) is 5.75 Å². The second-order valence-electron chi connectivity index (χ2n) is 8.62. The Hall–Kier alpha value is -2.45. The molecule has 4 heterocycles. The first-order valence-electron chi connectivity index (χ1n) is 10.0. The lowest BCUT2D eigenvalue weighted by Crippen LogP contribution is -2.63. The van der Waals surface area contributed by atoms with E-state index in [1.54, 1.807) is 29.9 Å². The van der Waals surface area contributed by atoms with Crippen molar-refractivity contribution in [3.05, 3.63) is 36.9 Å². The van der Waals surface area contributed by atoms with Crippen LogP contribution in [0, 0.1) is 5.92 Å². The van der Waals surface area contributed by atoms with Gasteiger partial charge in [-0.1, -0.05) is 11.3 Å². The molecule has 2 aliphatic heterocycles. The monoisotopic (exact) mass is 410 g/mol. The molecule has 1 unspecified atom stereocenters. The summed E-state index contributed by atoms with van der Waals surface area (Å²) >= 11 is 1.54. The minimum Gasteiger partial charge on any atom is -0.507 e. The van der Waals surface area contributed by atoms with Gasteiger partial charge in [0.25, 0.3) is 0 Å². The predicted octanol–water partition coefficient (Wildman–Crippen LogP) is 3.41. The Morgan fingerprint density at radius 2 is 2.17 bits per heavy atom. The van der Waals surface area contributed by atoms with Gasteiger partial charge in [-0.2, -0.15) is 0 Å². The van der Waals surface area contributed by atoms with E-state index in [0.29, 0.717) is 17.5 Å². The molecule has 0 amide bonds. The number of phenolic OH excluding ortho intramolecular Hbond substituents is 1. The summed E-state index contributed by atoms with van der Waals surface area (Å²) in [7, 11) is 4.39. The van der Waals surface area contributed by atoms with Crippen LogP contribution >= 0.6 is 11.3 Å². The zero-order valence-electron chi connectivity index (χ0n) is 17.0. The van der Waals surface area contributed by atoms with Crippen LogP contribution in [0.4, 0.5) is 5.13 Å². The number of rotatable bonds is 4. The van der Waals surface area contributed by atoms with Gasteiger partial charge in [0.1, 0.15) is 5.75 Å². The van der Waals surface area contributed by atoms with Gasteiger partial charge < -0.3 is 19.5 Å². The largest absolute Gasteiger partial charge is 0.507 e. The Kier molecular flexibility index (Phi) is 4.36. The van der Waals surface area contributed by atoms with Gasteiger partial charge in [0.15, 0.2) is 5.01 Å². The molecule has 1 saturated carbocycles. The van der Waals surface area contributed by atoms with Crippen molar-refractivity contribution in [2.24, 2.45) is 5.92 Å². The van der Waals surface area contributed by atoms with E-state index in [0.717, 1.165) is 28.8 Å². The summed E-state index contributed by atoms with van der Waals surface area (Å²) in [4.78, 5) is 8.89. The minimum absolute atomic E-state index is 0.201. The average Bonchev–Trinajstić information content (AvgIpc) is 3.40. The van der Waals surface area contributed by atoms with Crippen molar-refractivity contribution in [3.63, 3.8) is 0 Å². The van der Waals surface area contributed by atoms with Gasteiger partial charge in [-0.3, -0.25) is 0 Å². The first kappa shape index (κ1) is 18.6. The Balaban J connectivity index is 1.38. The van der Waals surface area contributed by atoms with Gasteiger partial charge in [-0.05, 0) is 51.3 Å². The molecule has 29 heavy (non-hydrogen) atoms.